The van der Waals surface area contributed by atoms with Crippen LogP contribution in [0.4, 0.5) is 4.39 Å². The molecule has 0 radical (unpaired) electrons. The zero-order valence-corrected chi connectivity index (χ0v) is 16.5. The summed E-state index contributed by atoms with van der Waals surface area (Å²) in [6.07, 6.45) is 11.8. The Morgan fingerprint density at radius 3 is 2.33 bits per heavy atom. The average Bonchev–Trinajstić information content (AvgIpc) is 2.73. The summed E-state index contributed by atoms with van der Waals surface area (Å²) < 4.78 is 19.3. The number of ether oxygens (including phenoxy) is 1. The topological polar surface area (TPSA) is 33.0 Å². The maximum atomic E-state index is 13.1. The molecule has 3 rings (SSSR count). The molecular weight excluding hydrogens is 337 g/mol. The van der Waals surface area contributed by atoms with Gasteiger partial charge >= 0.3 is 0 Å². The molecule has 0 amide bonds. The van der Waals surface area contributed by atoms with Gasteiger partial charge in [0.1, 0.15) is 6.07 Å². The molecule has 27 heavy (non-hydrogen) atoms. The first-order valence-corrected chi connectivity index (χ1v) is 10.7. The predicted octanol–water partition coefficient (Wildman–Crippen LogP) is 6.48. The van der Waals surface area contributed by atoms with Gasteiger partial charge in [-0.3, -0.25) is 0 Å². The van der Waals surface area contributed by atoms with Crippen molar-refractivity contribution in [1.29, 1.82) is 5.26 Å². The number of hydrogen-bond acceptors (Lipinski definition) is 2. The Bertz CT molecular complexity index is 644. The molecule has 2 fully saturated rings. The number of hydrogen-bond donors (Lipinski definition) is 0. The van der Waals surface area contributed by atoms with Gasteiger partial charge in [0.15, 0.2) is 5.83 Å². The summed E-state index contributed by atoms with van der Waals surface area (Å²) in [4.78, 5) is 0. The molecule has 0 N–H and O–H groups in total. The SMILES string of the molecule is CCc1ccc([C@H]2CC[C@H](CO[C@H]3CC[C@H](/C=C(/F)C#N)CC3)CC2)cc1. The average molecular weight is 370 g/mol. The third-order valence-corrected chi connectivity index (χ3v) is 6.48. The van der Waals surface area contributed by atoms with Gasteiger partial charge in [-0.15, -0.1) is 0 Å². The highest BCUT2D eigenvalue weighted by Crippen LogP contribution is 2.36. The smallest absolute Gasteiger partial charge is 0.196 e. The van der Waals surface area contributed by atoms with E-state index in [2.05, 4.69) is 31.2 Å². The van der Waals surface area contributed by atoms with Crippen LogP contribution >= 0.6 is 0 Å². The molecule has 2 saturated carbocycles. The van der Waals surface area contributed by atoms with Gasteiger partial charge in [0.05, 0.1) is 6.10 Å². The molecule has 146 valence electrons. The summed E-state index contributed by atoms with van der Waals surface area (Å²) in [6, 6.07) is 10.8. The number of aryl methyl sites for hydroxylation is 1. The highest BCUT2D eigenvalue weighted by molar-refractivity contribution is 5.25. The standard InChI is InChI=1S/C24H32FNO/c1-2-18-3-9-21(10-4-18)22-11-5-20(6-12-22)17-27-24-13-7-19(8-14-24)15-23(25)16-26/h3-4,9-10,15,19-20,22,24H,2,5-8,11-14,17H2,1H3/b23-15+/t19-,20-,22-,24-. The van der Waals surface area contributed by atoms with Crippen LogP contribution in [0.25, 0.3) is 0 Å². The van der Waals surface area contributed by atoms with Crippen LogP contribution in [0.1, 0.15) is 75.3 Å². The summed E-state index contributed by atoms with van der Waals surface area (Å²) in [5, 5.41) is 8.54. The van der Waals surface area contributed by atoms with Gasteiger partial charge in [-0.05, 0) is 92.7 Å². The molecule has 0 saturated heterocycles. The number of nitriles is 1. The lowest BCUT2D eigenvalue weighted by Gasteiger charge is -2.32. The van der Waals surface area contributed by atoms with Crippen molar-refractivity contribution in [2.45, 2.75) is 76.7 Å². The van der Waals surface area contributed by atoms with E-state index in [-0.39, 0.29) is 5.92 Å². The molecule has 2 aliphatic carbocycles. The normalized spacial score (nSPS) is 29.3. The number of allylic oxidation sites excluding steroid dienone is 2. The minimum atomic E-state index is -0.638. The summed E-state index contributed by atoms with van der Waals surface area (Å²) >= 11 is 0. The molecule has 0 unspecified atom stereocenters. The Labute approximate surface area is 163 Å². The Kier molecular flexibility index (Phi) is 7.47. The number of benzene rings is 1. The van der Waals surface area contributed by atoms with E-state index in [9.17, 15) is 4.39 Å². The Morgan fingerprint density at radius 1 is 1.07 bits per heavy atom. The van der Waals surface area contributed by atoms with E-state index < -0.39 is 5.83 Å². The highest BCUT2D eigenvalue weighted by Gasteiger charge is 2.25. The van der Waals surface area contributed by atoms with Crippen molar-refractivity contribution < 1.29 is 9.13 Å². The fraction of sp³-hybridized carbons (Fsp3) is 0.625. The summed E-state index contributed by atoms with van der Waals surface area (Å²) in [7, 11) is 0. The maximum Gasteiger partial charge on any atom is 0.196 e. The van der Waals surface area contributed by atoms with Gasteiger partial charge < -0.3 is 4.74 Å². The van der Waals surface area contributed by atoms with Gasteiger partial charge in [0, 0.05) is 6.61 Å². The molecule has 2 nitrogen and oxygen atoms in total. The predicted molar refractivity (Wildman–Crippen MR) is 107 cm³/mol. The second-order valence-corrected chi connectivity index (χ2v) is 8.31. The van der Waals surface area contributed by atoms with Gasteiger partial charge in [-0.25, -0.2) is 0 Å². The molecule has 0 atom stereocenters. The molecule has 3 heteroatoms. The Balaban J connectivity index is 1.36. The minimum absolute atomic E-state index is 0.207. The molecule has 0 aliphatic heterocycles. The molecule has 1 aromatic rings. The summed E-state index contributed by atoms with van der Waals surface area (Å²) in [5.74, 6) is 0.966. The summed E-state index contributed by atoms with van der Waals surface area (Å²) in [5.41, 5.74) is 2.92. The first kappa shape index (κ1) is 20.1. The van der Waals surface area contributed by atoms with Gasteiger partial charge in [0.2, 0.25) is 0 Å². The number of rotatable bonds is 6. The molecule has 0 spiro atoms. The zero-order valence-electron chi connectivity index (χ0n) is 16.5. The lowest BCUT2D eigenvalue weighted by atomic mass is 9.79. The van der Waals surface area contributed by atoms with E-state index in [0.29, 0.717) is 17.9 Å². The van der Waals surface area contributed by atoms with Crippen molar-refractivity contribution in [3.05, 3.63) is 47.3 Å². The lowest BCUT2D eigenvalue weighted by molar-refractivity contribution is -0.00465. The van der Waals surface area contributed by atoms with Crippen molar-refractivity contribution >= 4 is 0 Å². The molecule has 0 heterocycles. The van der Waals surface area contributed by atoms with Crippen LogP contribution in [0, 0.1) is 23.2 Å². The van der Waals surface area contributed by atoms with E-state index in [1.807, 2.05) is 0 Å². The number of nitrogens with zero attached hydrogens (tertiary/aromatic N) is 1. The van der Waals surface area contributed by atoms with Crippen molar-refractivity contribution in [2.75, 3.05) is 6.61 Å². The van der Waals surface area contributed by atoms with Crippen LogP contribution in [0.5, 0.6) is 0 Å². The monoisotopic (exact) mass is 369 g/mol. The van der Waals surface area contributed by atoms with Crippen molar-refractivity contribution in [3.8, 4) is 6.07 Å². The van der Waals surface area contributed by atoms with Crippen molar-refractivity contribution in [2.24, 2.45) is 11.8 Å². The van der Waals surface area contributed by atoms with E-state index in [1.54, 1.807) is 6.07 Å². The second kappa shape index (κ2) is 10.0. The molecular formula is C24H32FNO. The number of halogens is 1. The van der Waals surface area contributed by atoms with E-state index >= 15 is 0 Å². The third-order valence-electron chi connectivity index (χ3n) is 6.48. The molecule has 1 aromatic carbocycles. The largest absolute Gasteiger partial charge is 0.378 e. The summed E-state index contributed by atoms with van der Waals surface area (Å²) in [6.45, 7) is 3.08. The van der Waals surface area contributed by atoms with E-state index in [4.69, 9.17) is 10.00 Å². The zero-order chi connectivity index (χ0) is 19.1. The molecule has 2 aliphatic rings. The van der Waals surface area contributed by atoms with Crippen LogP contribution in [0.2, 0.25) is 0 Å². The van der Waals surface area contributed by atoms with Gasteiger partial charge in [-0.1, -0.05) is 31.2 Å². The highest BCUT2D eigenvalue weighted by atomic mass is 19.1. The second-order valence-electron chi connectivity index (χ2n) is 8.31. The Hall–Kier alpha value is -1.66. The third kappa shape index (κ3) is 5.91. The van der Waals surface area contributed by atoms with Gasteiger partial charge in [-0.2, -0.15) is 9.65 Å². The first-order chi connectivity index (χ1) is 13.2. The Morgan fingerprint density at radius 2 is 1.74 bits per heavy atom. The van der Waals surface area contributed by atoms with Gasteiger partial charge in [0.25, 0.3) is 0 Å². The minimum Gasteiger partial charge on any atom is -0.378 e. The van der Waals surface area contributed by atoms with Crippen molar-refractivity contribution in [3.63, 3.8) is 0 Å². The van der Waals surface area contributed by atoms with Crippen LogP contribution in [0.3, 0.4) is 0 Å². The maximum absolute atomic E-state index is 13.1. The lowest BCUT2D eigenvalue weighted by Crippen LogP contribution is -2.25. The quantitative estimate of drug-likeness (QED) is 0.538. The molecule has 0 aromatic heterocycles. The van der Waals surface area contributed by atoms with E-state index in [1.165, 1.54) is 42.9 Å². The van der Waals surface area contributed by atoms with Crippen LogP contribution in [-0.2, 0) is 11.2 Å². The van der Waals surface area contributed by atoms with Crippen LogP contribution in [-0.4, -0.2) is 12.7 Å². The first-order valence-electron chi connectivity index (χ1n) is 10.7. The molecule has 0 bridgehead atoms. The fourth-order valence-electron chi connectivity index (χ4n) is 4.63. The van der Waals surface area contributed by atoms with Crippen LogP contribution in [0.15, 0.2) is 36.2 Å². The fourth-order valence-corrected chi connectivity index (χ4v) is 4.63. The van der Waals surface area contributed by atoms with Crippen LogP contribution < -0.4 is 0 Å². The van der Waals surface area contributed by atoms with Crippen molar-refractivity contribution in [1.82, 2.24) is 0 Å². The van der Waals surface area contributed by atoms with E-state index in [0.717, 1.165) is 38.7 Å².